The zero-order valence-electron chi connectivity index (χ0n) is 10.1. The van der Waals surface area contributed by atoms with Gasteiger partial charge in [-0.15, -0.1) is 5.10 Å². The van der Waals surface area contributed by atoms with Gasteiger partial charge >= 0.3 is 5.97 Å². The molecule has 7 heteroatoms. The van der Waals surface area contributed by atoms with Gasteiger partial charge in [0.25, 0.3) is 5.82 Å². The summed E-state index contributed by atoms with van der Waals surface area (Å²) in [6.45, 7) is 2.00. The molecule has 0 spiro atoms. The van der Waals surface area contributed by atoms with Crippen molar-refractivity contribution in [2.75, 3.05) is 0 Å². The lowest BCUT2D eigenvalue weighted by Gasteiger charge is -2.07. The third-order valence-electron chi connectivity index (χ3n) is 2.48. The van der Waals surface area contributed by atoms with E-state index in [0.29, 0.717) is 23.0 Å². The Bertz CT molecular complexity index is 627. The highest BCUT2D eigenvalue weighted by Crippen LogP contribution is 2.25. The number of halogens is 2. The Labute approximate surface area is 123 Å². The second-order valence-electron chi connectivity index (χ2n) is 3.91. The third kappa shape index (κ3) is 2.96. The molecular formula is C12H11BrClN3O2. The van der Waals surface area contributed by atoms with Crippen LogP contribution in [0.15, 0.2) is 22.7 Å². The van der Waals surface area contributed by atoms with E-state index in [1.807, 2.05) is 6.92 Å². The van der Waals surface area contributed by atoms with E-state index in [9.17, 15) is 4.79 Å². The Morgan fingerprint density at radius 2 is 2.26 bits per heavy atom. The highest BCUT2D eigenvalue weighted by atomic mass is 79.9. The average molecular weight is 345 g/mol. The second kappa shape index (κ2) is 5.71. The standard InChI is InChI=1S/C12H11BrClN3O2/c1-2-3-10-15-11(12(18)19)16-17(10)9-5-4-7(14)6-8(9)13/h4-6H,2-3H2,1H3,(H,18,19). The largest absolute Gasteiger partial charge is 0.475 e. The van der Waals surface area contributed by atoms with Crippen molar-refractivity contribution < 1.29 is 9.90 Å². The number of aryl methyl sites for hydroxylation is 1. The van der Waals surface area contributed by atoms with E-state index in [2.05, 4.69) is 26.0 Å². The molecule has 0 aliphatic carbocycles. The van der Waals surface area contributed by atoms with Gasteiger partial charge in [0.05, 0.1) is 5.69 Å². The van der Waals surface area contributed by atoms with Crippen LogP contribution in [0.4, 0.5) is 0 Å². The van der Waals surface area contributed by atoms with Crippen molar-refractivity contribution in [3.63, 3.8) is 0 Å². The van der Waals surface area contributed by atoms with Gasteiger partial charge in [0.15, 0.2) is 0 Å². The number of aromatic carboxylic acids is 1. The zero-order valence-corrected chi connectivity index (χ0v) is 12.4. The Hall–Kier alpha value is -1.40. The smallest absolute Gasteiger partial charge is 0.375 e. The van der Waals surface area contributed by atoms with Crippen LogP contribution in [0.2, 0.25) is 5.02 Å². The summed E-state index contributed by atoms with van der Waals surface area (Å²) in [5.74, 6) is -0.727. The quantitative estimate of drug-likeness (QED) is 0.923. The van der Waals surface area contributed by atoms with E-state index in [4.69, 9.17) is 16.7 Å². The lowest BCUT2D eigenvalue weighted by Crippen LogP contribution is -2.04. The highest BCUT2D eigenvalue weighted by Gasteiger charge is 2.17. The van der Waals surface area contributed by atoms with Gasteiger partial charge in [0.1, 0.15) is 5.82 Å². The van der Waals surface area contributed by atoms with Crippen molar-refractivity contribution in [3.8, 4) is 5.69 Å². The normalized spacial score (nSPS) is 10.7. The van der Waals surface area contributed by atoms with Crippen LogP contribution in [-0.2, 0) is 6.42 Å². The summed E-state index contributed by atoms with van der Waals surface area (Å²) >= 11 is 9.29. The molecule has 0 amide bonds. The van der Waals surface area contributed by atoms with Crippen LogP contribution in [0, 0.1) is 0 Å². The molecule has 1 N–H and O–H groups in total. The van der Waals surface area contributed by atoms with Crippen LogP contribution in [-0.4, -0.2) is 25.8 Å². The molecule has 0 aliphatic heterocycles. The maximum Gasteiger partial charge on any atom is 0.375 e. The topological polar surface area (TPSA) is 68.0 Å². The van der Waals surface area contributed by atoms with Gasteiger partial charge in [-0.25, -0.2) is 14.5 Å². The van der Waals surface area contributed by atoms with Crippen molar-refractivity contribution in [2.24, 2.45) is 0 Å². The van der Waals surface area contributed by atoms with E-state index < -0.39 is 5.97 Å². The molecule has 0 radical (unpaired) electrons. The minimum Gasteiger partial charge on any atom is -0.475 e. The fraction of sp³-hybridized carbons (Fsp3) is 0.250. The average Bonchev–Trinajstić information content (AvgIpc) is 2.74. The molecule has 0 saturated heterocycles. The van der Waals surface area contributed by atoms with Crippen molar-refractivity contribution in [1.29, 1.82) is 0 Å². The zero-order chi connectivity index (χ0) is 14.0. The monoisotopic (exact) mass is 343 g/mol. The van der Waals surface area contributed by atoms with Crippen molar-refractivity contribution >= 4 is 33.5 Å². The van der Waals surface area contributed by atoms with Crippen LogP contribution < -0.4 is 0 Å². The predicted octanol–water partition coefficient (Wildman–Crippen LogP) is 3.33. The number of carboxylic acids is 1. The van der Waals surface area contributed by atoms with Crippen LogP contribution in [0.25, 0.3) is 5.69 Å². The number of rotatable bonds is 4. The van der Waals surface area contributed by atoms with Gasteiger partial charge in [-0.1, -0.05) is 18.5 Å². The number of carbonyl (C=O) groups is 1. The van der Waals surface area contributed by atoms with E-state index in [-0.39, 0.29) is 5.82 Å². The van der Waals surface area contributed by atoms with Crippen LogP contribution in [0.5, 0.6) is 0 Å². The van der Waals surface area contributed by atoms with Crippen molar-refractivity contribution in [2.45, 2.75) is 19.8 Å². The SMILES string of the molecule is CCCc1nc(C(=O)O)nn1-c1ccc(Cl)cc1Br. The molecule has 0 unspecified atom stereocenters. The number of benzene rings is 1. The first-order chi connectivity index (χ1) is 9.02. The Morgan fingerprint density at radius 1 is 1.53 bits per heavy atom. The minimum absolute atomic E-state index is 0.203. The lowest BCUT2D eigenvalue weighted by atomic mass is 10.3. The molecule has 1 heterocycles. The summed E-state index contributed by atoms with van der Waals surface area (Å²) in [5.41, 5.74) is 0.716. The van der Waals surface area contributed by atoms with Gasteiger partial charge in [0.2, 0.25) is 0 Å². The maximum atomic E-state index is 11.0. The molecule has 2 rings (SSSR count). The highest BCUT2D eigenvalue weighted by molar-refractivity contribution is 9.10. The Balaban J connectivity index is 2.56. The molecule has 2 aromatic rings. The predicted molar refractivity (Wildman–Crippen MR) is 75.0 cm³/mol. The number of hydrogen-bond donors (Lipinski definition) is 1. The first-order valence-corrected chi connectivity index (χ1v) is 6.84. The van der Waals surface area contributed by atoms with E-state index in [1.54, 1.807) is 18.2 Å². The van der Waals surface area contributed by atoms with Crippen LogP contribution in [0.1, 0.15) is 29.8 Å². The van der Waals surface area contributed by atoms with Crippen LogP contribution in [0.3, 0.4) is 0 Å². The molecular weight excluding hydrogens is 334 g/mol. The van der Waals surface area contributed by atoms with E-state index >= 15 is 0 Å². The van der Waals surface area contributed by atoms with Gasteiger partial charge < -0.3 is 5.11 Å². The molecule has 0 saturated carbocycles. The summed E-state index contributed by atoms with van der Waals surface area (Å²) < 4.78 is 2.27. The first-order valence-electron chi connectivity index (χ1n) is 5.67. The van der Waals surface area contributed by atoms with Crippen molar-refractivity contribution in [3.05, 3.63) is 39.3 Å². The number of hydrogen-bond acceptors (Lipinski definition) is 3. The fourth-order valence-electron chi connectivity index (χ4n) is 1.67. The number of carboxylic acid groups (broad SMARTS) is 1. The summed E-state index contributed by atoms with van der Waals surface area (Å²) in [4.78, 5) is 15.0. The number of aromatic nitrogens is 3. The number of nitrogens with zero attached hydrogens (tertiary/aromatic N) is 3. The molecule has 0 aliphatic rings. The molecule has 5 nitrogen and oxygen atoms in total. The molecule has 1 aromatic carbocycles. The van der Waals surface area contributed by atoms with Crippen molar-refractivity contribution in [1.82, 2.24) is 14.8 Å². The lowest BCUT2D eigenvalue weighted by molar-refractivity contribution is 0.0683. The molecule has 0 fully saturated rings. The molecule has 1 aromatic heterocycles. The van der Waals surface area contributed by atoms with Crippen LogP contribution >= 0.6 is 27.5 Å². The summed E-state index contributed by atoms with van der Waals surface area (Å²) in [7, 11) is 0. The van der Waals surface area contributed by atoms with E-state index in [0.717, 1.165) is 10.9 Å². The summed E-state index contributed by atoms with van der Waals surface area (Å²) in [5, 5.41) is 13.6. The van der Waals surface area contributed by atoms with Gasteiger partial charge in [-0.05, 0) is 40.5 Å². The van der Waals surface area contributed by atoms with E-state index in [1.165, 1.54) is 4.68 Å². The van der Waals surface area contributed by atoms with Gasteiger partial charge in [-0.3, -0.25) is 0 Å². The van der Waals surface area contributed by atoms with Gasteiger partial charge in [0, 0.05) is 15.9 Å². The molecule has 0 bridgehead atoms. The second-order valence-corrected chi connectivity index (χ2v) is 5.21. The molecule has 0 atom stereocenters. The minimum atomic E-state index is -1.14. The first kappa shape index (κ1) is 14.0. The molecule has 100 valence electrons. The Morgan fingerprint density at radius 3 is 2.84 bits per heavy atom. The summed E-state index contributed by atoms with van der Waals surface area (Å²) in [6.07, 6.45) is 1.50. The molecule has 19 heavy (non-hydrogen) atoms. The maximum absolute atomic E-state index is 11.0. The fourth-order valence-corrected chi connectivity index (χ4v) is 2.52. The Kier molecular flexibility index (Phi) is 4.21. The summed E-state index contributed by atoms with van der Waals surface area (Å²) in [6, 6.07) is 5.22. The third-order valence-corrected chi connectivity index (χ3v) is 3.35. The van der Waals surface area contributed by atoms with Gasteiger partial charge in [-0.2, -0.15) is 0 Å².